The van der Waals surface area contributed by atoms with Gasteiger partial charge in [0.15, 0.2) is 11.6 Å². The number of methoxy groups -OCH3 is 1. The van der Waals surface area contributed by atoms with Crippen molar-refractivity contribution < 1.29 is 13.9 Å². The Hall–Kier alpha value is -1.13. The molecule has 1 unspecified atom stereocenters. The molecule has 0 aliphatic carbocycles. The number of halogens is 1. The van der Waals surface area contributed by atoms with E-state index >= 15 is 0 Å². The van der Waals surface area contributed by atoms with Crippen molar-refractivity contribution in [1.82, 2.24) is 0 Å². The van der Waals surface area contributed by atoms with Gasteiger partial charge >= 0.3 is 0 Å². The Kier molecular flexibility index (Phi) is 5.38. The minimum atomic E-state index is -0.359. The lowest BCUT2D eigenvalue weighted by Crippen LogP contribution is -2.30. The number of ether oxygens (including phenoxy) is 2. The van der Waals surface area contributed by atoms with Crippen molar-refractivity contribution in [1.29, 1.82) is 0 Å². The van der Waals surface area contributed by atoms with Crippen LogP contribution in [0.5, 0.6) is 5.75 Å². The first-order valence-corrected chi connectivity index (χ1v) is 5.72. The normalized spacial score (nSPS) is 12.8. The van der Waals surface area contributed by atoms with Crippen LogP contribution >= 0.6 is 0 Å². The Morgan fingerprint density at radius 2 is 2.06 bits per heavy atom. The summed E-state index contributed by atoms with van der Waals surface area (Å²) < 4.78 is 23.7. The van der Waals surface area contributed by atoms with Gasteiger partial charge in [0.25, 0.3) is 0 Å². The summed E-state index contributed by atoms with van der Waals surface area (Å²) in [5.41, 5.74) is 6.75. The van der Waals surface area contributed by atoms with E-state index < -0.39 is 0 Å². The summed E-state index contributed by atoms with van der Waals surface area (Å²) in [5.74, 6) is -0.109. The van der Waals surface area contributed by atoms with Crippen LogP contribution in [0.1, 0.15) is 19.4 Å². The molecule has 1 aromatic carbocycles. The number of hydrogen-bond donors (Lipinski definition) is 1. The molecule has 17 heavy (non-hydrogen) atoms. The van der Waals surface area contributed by atoms with Gasteiger partial charge in [-0.15, -0.1) is 0 Å². The Balaban J connectivity index is 2.53. The molecule has 0 aliphatic rings. The molecule has 4 heteroatoms. The van der Waals surface area contributed by atoms with Gasteiger partial charge in [-0.05, 0) is 38.0 Å². The predicted octanol–water partition coefficient (Wildman–Crippen LogP) is 2.13. The molecule has 3 nitrogen and oxygen atoms in total. The minimum Gasteiger partial charge on any atom is -0.494 e. The Morgan fingerprint density at radius 3 is 2.59 bits per heavy atom. The van der Waals surface area contributed by atoms with Gasteiger partial charge in [-0.1, -0.05) is 6.07 Å². The number of nitrogens with two attached hydrogens (primary N) is 1. The second kappa shape index (κ2) is 6.57. The minimum absolute atomic E-state index is 0.120. The van der Waals surface area contributed by atoms with E-state index in [1.54, 1.807) is 6.07 Å². The zero-order valence-electron chi connectivity index (χ0n) is 10.6. The number of benzene rings is 1. The molecule has 0 heterocycles. The van der Waals surface area contributed by atoms with Crippen LogP contribution in [-0.2, 0) is 11.2 Å². The third-order valence-corrected chi connectivity index (χ3v) is 2.36. The molecule has 0 amide bonds. The smallest absolute Gasteiger partial charge is 0.165 e. The summed E-state index contributed by atoms with van der Waals surface area (Å²) in [6, 6.07) is 4.76. The topological polar surface area (TPSA) is 44.5 Å². The van der Waals surface area contributed by atoms with Crippen molar-refractivity contribution in [2.45, 2.75) is 32.4 Å². The molecular formula is C13H20FNO2. The Labute approximate surface area is 102 Å². The van der Waals surface area contributed by atoms with Crippen molar-refractivity contribution in [3.05, 3.63) is 29.6 Å². The third-order valence-electron chi connectivity index (χ3n) is 2.36. The molecular weight excluding hydrogens is 221 g/mol. The monoisotopic (exact) mass is 241 g/mol. The molecule has 2 N–H and O–H groups in total. The summed E-state index contributed by atoms with van der Waals surface area (Å²) >= 11 is 0. The molecule has 0 fully saturated rings. The maximum atomic E-state index is 13.4. The molecule has 1 rings (SSSR count). The molecule has 0 saturated heterocycles. The van der Waals surface area contributed by atoms with Crippen molar-refractivity contribution >= 4 is 0 Å². The van der Waals surface area contributed by atoms with Crippen molar-refractivity contribution in [2.24, 2.45) is 5.73 Å². The highest BCUT2D eigenvalue weighted by atomic mass is 19.1. The third kappa shape index (κ3) is 4.71. The average molecular weight is 241 g/mol. The van der Waals surface area contributed by atoms with Crippen molar-refractivity contribution in [3.63, 3.8) is 0 Å². The Morgan fingerprint density at radius 1 is 1.35 bits per heavy atom. The summed E-state index contributed by atoms with van der Waals surface area (Å²) in [6.45, 7) is 4.39. The fourth-order valence-electron chi connectivity index (χ4n) is 1.51. The van der Waals surface area contributed by atoms with E-state index in [-0.39, 0.29) is 23.7 Å². The van der Waals surface area contributed by atoms with Crippen LogP contribution in [-0.4, -0.2) is 25.9 Å². The van der Waals surface area contributed by atoms with Crippen LogP contribution in [0.15, 0.2) is 18.2 Å². The van der Waals surface area contributed by atoms with E-state index in [1.165, 1.54) is 13.2 Å². The summed E-state index contributed by atoms with van der Waals surface area (Å²) in [4.78, 5) is 0. The highest BCUT2D eigenvalue weighted by molar-refractivity contribution is 5.29. The fourth-order valence-corrected chi connectivity index (χ4v) is 1.51. The summed E-state index contributed by atoms with van der Waals surface area (Å²) in [5, 5.41) is 0. The zero-order valence-corrected chi connectivity index (χ0v) is 10.6. The zero-order chi connectivity index (χ0) is 12.8. The van der Waals surface area contributed by atoms with Crippen LogP contribution in [0.25, 0.3) is 0 Å². The summed E-state index contributed by atoms with van der Waals surface area (Å²) in [6.07, 6.45) is 0.752. The molecule has 1 aromatic rings. The Bertz CT molecular complexity index is 355. The first kappa shape index (κ1) is 13.9. The number of rotatable bonds is 6. The first-order chi connectivity index (χ1) is 8.02. The van der Waals surface area contributed by atoms with Gasteiger partial charge in [-0.25, -0.2) is 4.39 Å². The summed E-state index contributed by atoms with van der Waals surface area (Å²) in [7, 11) is 1.44. The lowest BCUT2D eigenvalue weighted by atomic mass is 10.1. The molecule has 0 aromatic heterocycles. The van der Waals surface area contributed by atoms with Crippen LogP contribution in [0.2, 0.25) is 0 Å². The molecule has 0 radical (unpaired) electrons. The van der Waals surface area contributed by atoms with Gasteiger partial charge in [0.05, 0.1) is 19.8 Å². The first-order valence-electron chi connectivity index (χ1n) is 5.72. The molecule has 0 aliphatic heterocycles. The molecule has 0 bridgehead atoms. The second-order valence-corrected chi connectivity index (χ2v) is 4.32. The van der Waals surface area contributed by atoms with E-state index in [9.17, 15) is 4.39 Å². The standard InChI is InChI=1S/C13H20FNO2/c1-9(2)17-8-11(15)6-10-4-5-13(16-3)12(14)7-10/h4-5,7,9,11H,6,8,15H2,1-3H3. The highest BCUT2D eigenvalue weighted by Gasteiger charge is 2.08. The van der Waals surface area contributed by atoms with Gasteiger partial charge in [0.1, 0.15) is 0 Å². The fraction of sp³-hybridized carbons (Fsp3) is 0.538. The van der Waals surface area contributed by atoms with E-state index in [2.05, 4.69) is 0 Å². The molecule has 96 valence electrons. The van der Waals surface area contributed by atoms with Gasteiger partial charge in [-0.3, -0.25) is 0 Å². The van der Waals surface area contributed by atoms with E-state index in [4.69, 9.17) is 15.2 Å². The largest absolute Gasteiger partial charge is 0.494 e. The van der Waals surface area contributed by atoms with Crippen molar-refractivity contribution in [3.8, 4) is 5.75 Å². The van der Waals surface area contributed by atoms with E-state index in [1.807, 2.05) is 19.9 Å². The van der Waals surface area contributed by atoms with Gasteiger partial charge < -0.3 is 15.2 Å². The second-order valence-electron chi connectivity index (χ2n) is 4.32. The maximum Gasteiger partial charge on any atom is 0.165 e. The molecule has 0 spiro atoms. The lowest BCUT2D eigenvalue weighted by molar-refractivity contribution is 0.0684. The molecule has 1 atom stereocenters. The SMILES string of the molecule is COc1ccc(CC(N)COC(C)C)cc1F. The van der Waals surface area contributed by atoms with Crippen LogP contribution < -0.4 is 10.5 Å². The van der Waals surface area contributed by atoms with Crippen molar-refractivity contribution in [2.75, 3.05) is 13.7 Å². The molecule has 0 saturated carbocycles. The van der Waals surface area contributed by atoms with Gasteiger partial charge in [0, 0.05) is 6.04 Å². The lowest BCUT2D eigenvalue weighted by Gasteiger charge is -2.14. The van der Waals surface area contributed by atoms with Gasteiger partial charge in [-0.2, -0.15) is 0 Å². The van der Waals surface area contributed by atoms with Crippen LogP contribution in [0, 0.1) is 5.82 Å². The number of hydrogen-bond acceptors (Lipinski definition) is 3. The average Bonchev–Trinajstić information content (AvgIpc) is 2.26. The highest BCUT2D eigenvalue weighted by Crippen LogP contribution is 2.18. The van der Waals surface area contributed by atoms with E-state index in [0.29, 0.717) is 13.0 Å². The quantitative estimate of drug-likeness (QED) is 0.829. The maximum absolute atomic E-state index is 13.4. The van der Waals surface area contributed by atoms with Crippen LogP contribution in [0.4, 0.5) is 4.39 Å². The van der Waals surface area contributed by atoms with Crippen LogP contribution in [0.3, 0.4) is 0 Å². The van der Waals surface area contributed by atoms with Gasteiger partial charge in [0.2, 0.25) is 0 Å². The predicted molar refractivity (Wildman–Crippen MR) is 65.7 cm³/mol. The van der Waals surface area contributed by atoms with E-state index in [0.717, 1.165) is 5.56 Å².